The van der Waals surface area contributed by atoms with Crippen LogP contribution in [0.5, 0.6) is 0 Å². The zero-order chi connectivity index (χ0) is 22.9. The lowest BCUT2D eigenvalue weighted by atomic mass is 9.96. The van der Waals surface area contributed by atoms with E-state index in [1.54, 1.807) is 48.8 Å². The van der Waals surface area contributed by atoms with Crippen molar-refractivity contribution in [2.75, 3.05) is 6.54 Å². The topological polar surface area (TPSA) is 86.3 Å². The quantitative estimate of drug-likeness (QED) is 0.254. The number of hydrogen-bond donors (Lipinski definition) is 2. The minimum Gasteiger partial charge on any atom is -0.507 e. The molecule has 0 radical (unpaired) electrons. The van der Waals surface area contributed by atoms with Crippen molar-refractivity contribution in [1.29, 1.82) is 0 Å². The van der Waals surface area contributed by atoms with Gasteiger partial charge >= 0.3 is 0 Å². The predicted octanol–water partition coefficient (Wildman–Crippen LogP) is 4.88. The Kier molecular flexibility index (Phi) is 5.44. The number of nitrogens with one attached hydrogen (secondary N) is 1. The molecule has 1 aliphatic heterocycles. The van der Waals surface area contributed by atoms with Gasteiger partial charge in [0.1, 0.15) is 5.76 Å². The fourth-order valence-corrected chi connectivity index (χ4v) is 4.46. The van der Waals surface area contributed by atoms with E-state index >= 15 is 0 Å². The number of aromatic nitrogens is 2. The third-order valence-electron chi connectivity index (χ3n) is 5.95. The minimum absolute atomic E-state index is 0.0502. The van der Waals surface area contributed by atoms with Crippen molar-refractivity contribution in [3.8, 4) is 0 Å². The van der Waals surface area contributed by atoms with Gasteiger partial charge in [0, 0.05) is 46.6 Å². The molecule has 0 bridgehead atoms. The van der Waals surface area contributed by atoms with Crippen LogP contribution < -0.4 is 0 Å². The molecule has 0 saturated carbocycles. The number of likely N-dealkylation sites (tertiary alicyclic amines) is 1. The molecule has 0 aliphatic carbocycles. The molecule has 1 saturated heterocycles. The average Bonchev–Trinajstić information content (AvgIpc) is 3.37. The van der Waals surface area contributed by atoms with Crippen LogP contribution in [0.2, 0.25) is 5.02 Å². The van der Waals surface area contributed by atoms with Crippen LogP contribution in [0.3, 0.4) is 0 Å². The van der Waals surface area contributed by atoms with Gasteiger partial charge < -0.3 is 15.0 Å². The largest absolute Gasteiger partial charge is 0.507 e. The molecule has 2 aromatic carbocycles. The molecule has 2 N–H and O–H groups in total. The standard InChI is InChI=1S/C26H20ClN3O3/c27-19-9-7-16(8-10-19)24(31)22-23(18-4-3-12-28-14-18)30(26(33)25(22)32)13-11-17-15-29-21-6-2-1-5-20(17)21/h1-10,12,14-15,23,29,31H,11,13H2/t23-/m0/s1. The van der Waals surface area contributed by atoms with Gasteiger partial charge in [-0.15, -0.1) is 0 Å². The smallest absolute Gasteiger partial charge is 0.295 e. The van der Waals surface area contributed by atoms with Crippen LogP contribution in [0.15, 0.2) is 84.8 Å². The first-order valence-corrected chi connectivity index (χ1v) is 10.9. The summed E-state index contributed by atoms with van der Waals surface area (Å²) in [4.78, 5) is 35.1. The van der Waals surface area contributed by atoms with E-state index in [1.165, 1.54) is 4.90 Å². The molecular weight excluding hydrogens is 438 g/mol. The Labute approximate surface area is 195 Å². The number of fused-ring (bicyclic) bond motifs is 1. The lowest BCUT2D eigenvalue weighted by molar-refractivity contribution is -0.139. The van der Waals surface area contributed by atoms with Gasteiger partial charge in [0.2, 0.25) is 0 Å². The number of halogens is 1. The molecule has 0 spiro atoms. The normalized spacial score (nSPS) is 17.7. The number of amides is 1. The first-order valence-electron chi connectivity index (χ1n) is 10.5. The van der Waals surface area contributed by atoms with Crippen LogP contribution in [0.4, 0.5) is 0 Å². The highest BCUT2D eigenvalue weighted by Gasteiger charge is 2.46. The van der Waals surface area contributed by atoms with Crippen LogP contribution >= 0.6 is 11.6 Å². The van der Waals surface area contributed by atoms with Crippen molar-refractivity contribution < 1.29 is 14.7 Å². The van der Waals surface area contributed by atoms with E-state index in [0.717, 1.165) is 16.5 Å². The van der Waals surface area contributed by atoms with E-state index in [0.29, 0.717) is 29.1 Å². The number of para-hydroxylation sites is 1. The average molecular weight is 458 g/mol. The lowest BCUT2D eigenvalue weighted by Gasteiger charge is -2.25. The molecule has 1 atom stereocenters. The van der Waals surface area contributed by atoms with Crippen LogP contribution in [0.1, 0.15) is 22.7 Å². The monoisotopic (exact) mass is 457 g/mol. The number of rotatable bonds is 5. The summed E-state index contributed by atoms with van der Waals surface area (Å²) >= 11 is 5.97. The summed E-state index contributed by atoms with van der Waals surface area (Å²) in [5.74, 6) is -1.58. The van der Waals surface area contributed by atoms with Gasteiger partial charge in [-0.3, -0.25) is 14.6 Å². The molecule has 1 fully saturated rings. The first kappa shape index (κ1) is 21.0. The van der Waals surface area contributed by atoms with Crippen molar-refractivity contribution >= 4 is 40.0 Å². The number of benzene rings is 2. The molecule has 33 heavy (non-hydrogen) atoms. The summed E-state index contributed by atoms with van der Waals surface area (Å²) in [5.41, 5.74) is 3.19. The summed E-state index contributed by atoms with van der Waals surface area (Å²) in [5, 5.41) is 12.6. The van der Waals surface area contributed by atoms with Crippen LogP contribution in [0, 0.1) is 0 Å². The van der Waals surface area contributed by atoms with Gasteiger partial charge in [0.25, 0.3) is 11.7 Å². The van der Waals surface area contributed by atoms with E-state index in [4.69, 9.17) is 11.6 Å². The number of carbonyl (C=O) groups is 2. The van der Waals surface area contributed by atoms with Crippen molar-refractivity contribution in [1.82, 2.24) is 14.9 Å². The van der Waals surface area contributed by atoms with E-state index in [1.807, 2.05) is 30.5 Å². The predicted molar refractivity (Wildman–Crippen MR) is 127 cm³/mol. The molecule has 6 nitrogen and oxygen atoms in total. The molecule has 164 valence electrons. The number of aliphatic hydroxyl groups is 1. The molecular formula is C26H20ClN3O3. The van der Waals surface area contributed by atoms with E-state index < -0.39 is 17.7 Å². The molecule has 2 aromatic heterocycles. The first-order chi connectivity index (χ1) is 16.0. The second-order valence-corrected chi connectivity index (χ2v) is 8.33. The summed E-state index contributed by atoms with van der Waals surface area (Å²) in [7, 11) is 0. The van der Waals surface area contributed by atoms with Crippen LogP contribution in [-0.2, 0) is 16.0 Å². The molecule has 7 heteroatoms. The Bertz CT molecular complexity index is 1380. The Balaban J connectivity index is 1.55. The molecule has 5 rings (SSSR count). The number of aromatic amines is 1. The number of Topliss-reactive ketones (excluding diaryl/α,β-unsaturated/α-hetero) is 1. The Morgan fingerprint density at radius 1 is 1.06 bits per heavy atom. The number of carbonyl (C=O) groups excluding carboxylic acids is 2. The second kappa shape index (κ2) is 8.56. The summed E-state index contributed by atoms with van der Waals surface area (Å²) in [6, 6.07) is 17.3. The maximum Gasteiger partial charge on any atom is 0.295 e. The fraction of sp³-hybridized carbons (Fsp3) is 0.115. The number of H-pyrrole nitrogens is 1. The summed E-state index contributed by atoms with van der Waals surface area (Å²) in [6.45, 7) is 0.309. The maximum atomic E-state index is 13.1. The Hall–Kier alpha value is -3.90. The number of hydrogen-bond acceptors (Lipinski definition) is 4. The number of pyridine rings is 1. The van der Waals surface area contributed by atoms with E-state index in [-0.39, 0.29) is 11.3 Å². The molecule has 1 aliphatic rings. The van der Waals surface area contributed by atoms with Gasteiger partial charge in [-0.25, -0.2) is 0 Å². The zero-order valence-electron chi connectivity index (χ0n) is 17.5. The molecule has 4 aromatic rings. The number of ketones is 1. The summed E-state index contributed by atoms with van der Waals surface area (Å²) in [6.07, 6.45) is 5.72. The van der Waals surface area contributed by atoms with Gasteiger partial charge in [-0.1, -0.05) is 35.9 Å². The van der Waals surface area contributed by atoms with Crippen molar-refractivity contribution in [2.24, 2.45) is 0 Å². The van der Waals surface area contributed by atoms with Gasteiger partial charge in [0.05, 0.1) is 11.6 Å². The zero-order valence-corrected chi connectivity index (χ0v) is 18.3. The van der Waals surface area contributed by atoms with Gasteiger partial charge in [-0.05, 0) is 53.9 Å². The van der Waals surface area contributed by atoms with E-state index in [2.05, 4.69) is 9.97 Å². The van der Waals surface area contributed by atoms with Gasteiger partial charge in [-0.2, -0.15) is 0 Å². The number of aliphatic hydroxyl groups excluding tert-OH is 1. The minimum atomic E-state index is -0.736. The molecule has 0 unspecified atom stereocenters. The SMILES string of the molecule is O=C1C(=O)N(CCc2c[nH]c3ccccc23)[C@@H](c2cccnc2)C1=C(O)c1ccc(Cl)cc1. The fourth-order valence-electron chi connectivity index (χ4n) is 4.34. The third-order valence-corrected chi connectivity index (χ3v) is 6.21. The summed E-state index contributed by atoms with van der Waals surface area (Å²) < 4.78 is 0. The van der Waals surface area contributed by atoms with Crippen molar-refractivity contribution in [2.45, 2.75) is 12.5 Å². The third kappa shape index (κ3) is 3.79. The van der Waals surface area contributed by atoms with Gasteiger partial charge in [0.15, 0.2) is 0 Å². The second-order valence-electron chi connectivity index (χ2n) is 7.90. The van der Waals surface area contributed by atoms with E-state index in [9.17, 15) is 14.7 Å². The highest BCUT2D eigenvalue weighted by atomic mass is 35.5. The van der Waals surface area contributed by atoms with Crippen LogP contribution in [0.25, 0.3) is 16.7 Å². The molecule has 3 heterocycles. The van der Waals surface area contributed by atoms with Crippen molar-refractivity contribution in [3.05, 3.63) is 107 Å². The van der Waals surface area contributed by atoms with Crippen molar-refractivity contribution in [3.63, 3.8) is 0 Å². The molecule has 1 amide bonds. The lowest BCUT2D eigenvalue weighted by Crippen LogP contribution is -2.31. The Morgan fingerprint density at radius 2 is 1.85 bits per heavy atom. The number of nitrogens with zero attached hydrogens (tertiary/aromatic N) is 2. The highest BCUT2D eigenvalue weighted by Crippen LogP contribution is 2.39. The maximum absolute atomic E-state index is 13.1. The Morgan fingerprint density at radius 3 is 2.61 bits per heavy atom. The highest BCUT2D eigenvalue weighted by molar-refractivity contribution is 6.46. The van der Waals surface area contributed by atoms with Crippen LogP contribution in [-0.4, -0.2) is 38.2 Å².